The topological polar surface area (TPSA) is 52.9 Å². The van der Waals surface area contributed by atoms with Crippen LogP contribution in [0.2, 0.25) is 5.02 Å². The second-order valence-electron chi connectivity index (χ2n) is 3.12. The number of nitrogens with zero attached hydrogens (tertiary/aromatic N) is 1. The van der Waals surface area contributed by atoms with Gasteiger partial charge in [0.1, 0.15) is 0 Å². The van der Waals surface area contributed by atoms with Crippen LogP contribution in [0.4, 0.5) is 0 Å². The summed E-state index contributed by atoms with van der Waals surface area (Å²) in [5.41, 5.74) is 1.43. The maximum Gasteiger partial charge on any atom is 0.251 e. The van der Waals surface area contributed by atoms with Crippen molar-refractivity contribution in [2.75, 3.05) is 6.54 Å². The minimum atomic E-state index is -0.190. The lowest BCUT2D eigenvalue weighted by molar-refractivity contribution is 0.0954. The Morgan fingerprint density at radius 2 is 2.33 bits per heavy atom. The predicted octanol–water partition coefficient (Wildman–Crippen LogP) is 2.29. The van der Waals surface area contributed by atoms with Crippen molar-refractivity contribution in [2.24, 2.45) is 0 Å². The lowest BCUT2D eigenvalue weighted by Gasteiger charge is -2.06. The number of benzene rings is 1. The molecule has 0 aromatic heterocycles. The summed E-state index contributed by atoms with van der Waals surface area (Å²) < 4.78 is 0. The van der Waals surface area contributed by atoms with Crippen molar-refractivity contribution in [3.05, 3.63) is 34.3 Å². The van der Waals surface area contributed by atoms with Crippen LogP contribution < -0.4 is 5.32 Å². The van der Waals surface area contributed by atoms with E-state index in [1.807, 2.05) is 13.0 Å². The second kappa shape index (κ2) is 5.38. The lowest BCUT2D eigenvalue weighted by atomic mass is 10.1. The van der Waals surface area contributed by atoms with Crippen molar-refractivity contribution >= 4 is 17.5 Å². The predicted molar refractivity (Wildman–Crippen MR) is 58.8 cm³/mol. The molecule has 0 heterocycles. The first-order chi connectivity index (χ1) is 7.15. The summed E-state index contributed by atoms with van der Waals surface area (Å²) in [4.78, 5) is 11.6. The van der Waals surface area contributed by atoms with Gasteiger partial charge >= 0.3 is 0 Å². The third-order valence-corrected chi connectivity index (χ3v) is 2.20. The van der Waals surface area contributed by atoms with E-state index < -0.39 is 0 Å². The van der Waals surface area contributed by atoms with E-state index in [-0.39, 0.29) is 5.91 Å². The molecule has 0 aliphatic carbocycles. The van der Waals surface area contributed by atoms with Crippen LogP contribution in [0, 0.1) is 18.3 Å². The van der Waals surface area contributed by atoms with Gasteiger partial charge in [0, 0.05) is 17.1 Å². The Kier molecular flexibility index (Phi) is 4.14. The molecule has 78 valence electrons. The smallest absolute Gasteiger partial charge is 0.251 e. The molecule has 1 amide bonds. The van der Waals surface area contributed by atoms with Gasteiger partial charge in [-0.05, 0) is 24.6 Å². The zero-order valence-electron chi connectivity index (χ0n) is 8.38. The third kappa shape index (κ3) is 3.26. The number of aryl methyl sites for hydroxylation is 1. The summed E-state index contributed by atoms with van der Waals surface area (Å²) in [5, 5.41) is 11.5. The molecule has 4 heteroatoms. The van der Waals surface area contributed by atoms with Crippen molar-refractivity contribution in [1.29, 1.82) is 5.26 Å². The number of carbonyl (C=O) groups excluding carboxylic acids is 1. The Morgan fingerprint density at radius 3 is 3.00 bits per heavy atom. The number of hydrogen-bond acceptors (Lipinski definition) is 2. The van der Waals surface area contributed by atoms with Gasteiger partial charge in [0.25, 0.3) is 5.91 Å². The fraction of sp³-hybridized carbons (Fsp3) is 0.273. The van der Waals surface area contributed by atoms with Crippen LogP contribution in [0.5, 0.6) is 0 Å². The van der Waals surface area contributed by atoms with Gasteiger partial charge in [0.15, 0.2) is 0 Å². The molecule has 0 spiro atoms. The summed E-state index contributed by atoms with van der Waals surface area (Å²) in [6.07, 6.45) is 0.311. The van der Waals surface area contributed by atoms with Crippen LogP contribution in [0.15, 0.2) is 18.2 Å². The second-order valence-corrected chi connectivity index (χ2v) is 3.56. The van der Waals surface area contributed by atoms with E-state index in [0.717, 1.165) is 5.56 Å². The molecule has 0 aliphatic rings. The first kappa shape index (κ1) is 11.5. The molecule has 1 rings (SSSR count). The van der Waals surface area contributed by atoms with Gasteiger partial charge in [-0.1, -0.05) is 17.7 Å². The van der Waals surface area contributed by atoms with Gasteiger partial charge in [-0.3, -0.25) is 4.79 Å². The number of nitrogens with one attached hydrogen (secondary N) is 1. The van der Waals surface area contributed by atoms with Crippen molar-refractivity contribution in [2.45, 2.75) is 13.3 Å². The summed E-state index contributed by atoms with van der Waals surface area (Å²) in [5.74, 6) is -0.190. The van der Waals surface area contributed by atoms with Crippen LogP contribution >= 0.6 is 11.6 Å². The van der Waals surface area contributed by atoms with E-state index in [1.54, 1.807) is 18.2 Å². The monoisotopic (exact) mass is 222 g/mol. The van der Waals surface area contributed by atoms with Crippen LogP contribution in [0.3, 0.4) is 0 Å². The number of nitriles is 1. The first-order valence-corrected chi connectivity index (χ1v) is 4.94. The minimum Gasteiger partial charge on any atom is -0.351 e. The molecule has 3 nitrogen and oxygen atoms in total. The summed E-state index contributed by atoms with van der Waals surface area (Å²) >= 11 is 5.79. The number of amides is 1. The average molecular weight is 223 g/mol. The molecule has 0 atom stereocenters. The first-order valence-electron chi connectivity index (χ1n) is 4.56. The van der Waals surface area contributed by atoms with Gasteiger partial charge in [0.05, 0.1) is 12.5 Å². The maximum absolute atomic E-state index is 11.6. The Balaban J connectivity index is 2.73. The van der Waals surface area contributed by atoms with E-state index in [9.17, 15) is 4.79 Å². The molecule has 15 heavy (non-hydrogen) atoms. The summed E-state index contributed by atoms with van der Waals surface area (Å²) in [6, 6.07) is 7.12. The Labute approximate surface area is 93.7 Å². The molecule has 0 fully saturated rings. The fourth-order valence-electron chi connectivity index (χ4n) is 1.17. The largest absolute Gasteiger partial charge is 0.351 e. The molecule has 0 radical (unpaired) electrons. The lowest BCUT2D eigenvalue weighted by Crippen LogP contribution is -2.24. The zero-order chi connectivity index (χ0) is 11.3. The highest BCUT2D eigenvalue weighted by molar-refractivity contribution is 6.31. The number of rotatable bonds is 3. The van der Waals surface area contributed by atoms with Gasteiger partial charge in [-0.15, -0.1) is 0 Å². The van der Waals surface area contributed by atoms with Gasteiger partial charge < -0.3 is 5.32 Å². The summed E-state index contributed by atoms with van der Waals surface area (Å²) in [7, 11) is 0. The van der Waals surface area contributed by atoms with Crippen LogP contribution in [0.1, 0.15) is 22.3 Å². The Hall–Kier alpha value is -1.53. The molecular formula is C11H11ClN2O. The molecule has 0 unspecified atom stereocenters. The molecule has 0 aliphatic heterocycles. The molecule has 0 saturated heterocycles. The molecule has 1 N–H and O–H groups in total. The normalized spacial score (nSPS) is 9.40. The van der Waals surface area contributed by atoms with Crippen molar-refractivity contribution in [3.8, 4) is 6.07 Å². The van der Waals surface area contributed by atoms with Gasteiger partial charge in [0.2, 0.25) is 0 Å². The zero-order valence-corrected chi connectivity index (χ0v) is 9.14. The number of hydrogen-bond donors (Lipinski definition) is 1. The molecule has 1 aromatic rings. The maximum atomic E-state index is 11.6. The molecule has 1 aromatic carbocycles. The fourth-order valence-corrected chi connectivity index (χ4v) is 1.34. The SMILES string of the molecule is Cc1ccc(Cl)cc1C(=O)NCCC#N. The van der Waals surface area contributed by atoms with E-state index >= 15 is 0 Å². The van der Waals surface area contributed by atoms with E-state index in [0.29, 0.717) is 23.6 Å². The van der Waals surface area contributed by atoms with E-state index in [4.69, 9.17) is 16.9 Å². The highest BCUT2D eigenvalue weighted by Gasteiger charge is 2.08. The standard InChI is InChI=1S/C11H11ClN2O/c1-8-3-4-9(12)7-10(8)11(15)14-6-2-5-13/h3-4,7H,2,6H2,1H3,(H,14,15). The number of halogens is 1. The summed E-state index contributed by atoms with van der Waals surface area (Å²) in [6.45, 7) is 2.21. The van der Waals surface area contributed by atoms with Crippen LogP contribution in [-0.2, 0) is 0 Å². The quantitative estimate of drug-likeness (QED) is 0.798. The average Bonchev–Trinajstić information content (AvgIpc) is 2.22. The molecule has 0 saturated carbocycles. The van der Waals surface area contributed by atoms with Crippen molar-refractivity contribution in [3.63, 3.8) is 0 Å². The molecular weight excluding hydrogens is 212 g/mol. The van der Waals surface area contributed by atoms with Gasteiger partial charge in [-0.2, -0.15) is 5.26 Å². The Morgan fingerprint density at radius 1 is 1.60 bits per heavy atom. The Bertz CT molecular complexity index is 410. The van der Waals surface area contributed by atoms with Crippen LogP contribution in [0.25, 0.3) is 0 Å². The van der Waals surface area contributed by atoms with Gasteiger partial charge in [-0.25, -0.2) is 0 Å². The van der Waals surface area contributed by atoms with Crippen molar-refractivity contribution < 1.29 is 4.79 Å². The van der Waals surface area contributed by atoms with E-state index in [2.05, 4.69) is 5.32 Å². The third-order valence-electron chi connectivity index (χ3n) is 1.97. The van der Waals surface area contributed by atoms with Crippen molar-refractivity contribution in [1.82, 2.24) is 5.32 Å². The van der Waals surface area contributed by atoms with Crippen LogP contribution in [-0.4, -0.2) is 12.5 Å². The van der Waals surface area contributed by atoms with E-state index in [1.165, 1.54) is 0 Å². The molecule has 0 bridgehead atoms. The highest BCUT2D eigenvalue weighted by Crippen LogP contribution is 2.15. The highest BCUT2D eigenvalue weighted by atomic mass is 35.5. The number of carbonyl (C=O) groups is 1. The minimum absolute atomic E-state index is 0.190.